The van der Waals surface area contributed by atoms with Gasteiger partial charge in [0.1, 0.15) is 5.82 Å². The zero-order valence-corrected chi connectivity index (χ0v) is 14.6. The number of sulfone groups is 1. The van der Waals surface area contributed by atoms with Crippen molar-refractivity contribution in [1.29, 1.82) is 0 Å². The van der Waals surface area contributed by atoms with Gasteiger partial charge >= 0.3 is 5.97 Å². The standard InChI is InChI=1S/C19H13FN2O4S/c20-16-6-2-13(3-7-16)1-4-14-11-15(19(23)24)5-8-18(14)27(25,26)12-17-9-10-21-22-17/h2-3,5-11H,12H2,(H,21,22)(H,23,24). The zero-order chi connectivity index (χ0) is 19.4. The molecule has 1 heterocycles. The van der Waals surface area contributed by atoms with Gasteiger partial charge in [-0.1, -0.05) is 11.8 Å². The third kappa shape index (κ3) is 4.40. The van der Waals surface area contributed by atoms with E-state index in [-0.39, 0.29) is 21.8 Å². The third-order valence-electron chi connectivity index (χ3n) is 3.65. The Kier molecular flexibility index (Phi) is 5.05. The van der Waals surface area contributed by atoms with E-state index in [2.05, 4.69) is 22.0 Å². The van der Waals surface area contributed by atoms with Crippen molar-refractivity contribution in [1.82, 2.24) is 10.2 Å². The molecule has 0 aliphatic carbocycles. The predicted molar refractivity (Wildman–Crippen MR) is 95.3 cm³/mol. The van der Waals surface area contributed by atoms with Crippen molar-refractivity contribution in [3.05, 3.63) is 82.9 Å². The van der Waals surface area contributed by atoms with Crippen LogP contribution in [0.5, 0.6) is 0 Å². The van der Waals surface area contributed by atoms with Gasteiger partial charge in [-0.15, -0.1) is 0 Å². The first-order chi connectivity index (χ1) is 12.8. The van der Waals surface area contributed by atoms with Crippen molar-refractivity contribution in [3.63, 3.8) is 0 Å². The number of halogens is 1. The molecular formula is C19H13FN2O4S. The lowest BCUT2D eigenvalue weighted by molar-refractivity contribution is 0.0696. The number of H-pyrrole nitrogens is 1. The molecule has 0 unspecified atom stereocenters. The molecule has 0 fully saturated rings. The van der Waals surface area contributed by atoms with Crippen molar-refractivity contribution in [2.24, 2.45) is 0 Å². The smallest absolute Gasteiger partial charge is 0.335 e. The van der Waals surface area contributed by atoms with Crippen molar-refractivity contribution in [2.45, 2.75) is 10.6 Å². The SMILES string of the molecule is O=C(O)c1ccc(S(=O)(=O)Cc2ccn[nH]2)c(C#Cc2ccc(F)cc2)c1. The molecule has 3 rings (SSSR count). The molecule has 0 spiro atoms. The highest BCUT2D eigenvalue weighted by atomic mass is 32.2. The normalized spacial score (nSPS) is 10.9. The summed E-state index contributed by atoms with van der Waals surface area (Å²) in [5, 5.41) is 15.5. The van der Waals surface area contributed by atoms with Crippen LogP contribution in [0.4, 0.5) is 4.39 Å². The summed E-state index contributed by atoms with van der Waals surface area (Å²) < 4.78 is 38.5. The summed E-state index contributed by atoms with van der Waals surface area (Å²) in [6, 6.07) is 10.5. The topological polar surface area (TPSA) is 100 Å². The Morgan fingerprint density at radius 1 is 1.11 bits per heavy atom. The number of nitrogens with zero attached hydrogens (tertiary/aromatic N) is 1. The minimum atomic E-state index is -3.79. The van der Waals surface area contributed by atoms with E-state index in [0.29, 0.717) is 11.3 Å². The molecule has 136 valence electrons. The molecule has 0 amide bonds. The highest BCUT2D eigenvalue weighted by Gasteiger charge is 2.21. The van der Waals surface area contributed by atoms with Gasteiger partial charge in [0.05, 0.1) is 21.9 Å². The van der Waals surface area contributed by atoms with E-state index < -0.39 is 21.6 Å². The van der Waals surface area contributed by atoms with Crippen LogP contribution in [0.1, 0.15) is 27.2 Å². The molecule has 3 aromatic rings. The van der Waals surface area contributed by atoms with Gasteiger partial charge in [0, 0.05) is 17.3 Å². The van der Waals surface area contributed by atoms with Gasteiger partial charge in [-0.3, -0.25) is 5.10 Å². The Balaban J connectivity index is 2.06. The number of aromatic carboxylic acids is 1. The molecule has 0 saturated carbocycles. The molecule has 1 aromatic heterocycles. The summed E-state index contributed by atoms with van der Waals surface area (Å²) in [5.74, 6) is 3.47. The lowest BCUT2D eigenvalue weighted by Crippen LogP contribution is -2.09. The molecule has 0 aliphatic heterocycles. The number of carbonyl (C=O) groups is 1. The van der Waals surface area contributed by atoms with Gasteiger partial charge < -0.3 is 5.11 Å². The summed E-state index contributed by atoms with van der Waals surface area (Å²) in [4.78, 5) is 11.1. The van der Waals surface area contributed by atoms with Crippen molar-refractivity contribution >= 4 is 15.8 Å². The summed E-state index contributed by atoms with van der Waals surface area (Å²) in [5.41, 5.74) is 0.835. The second-order valence-electron chi connectivity index (χ2n) is 5.61. The van der Waals surface area contributed by atoms with Crippen LogP contribution in [0.2, 0.25) is 0 Å². The number of aromatic amines is 1. The van der Waals surface area contributed by atoms with Crippen molar-refractivity contribution < 1.29 is 22.7 Å². The molecule has 2 N–H and O–H groups in total. The maximum atomic E-state index is 13.0. The van der Waals surface area contributed by atoms with E-state index in [4.69, 9.17) is 0 Å². The van der Waals surface area contributed by atoms with Crippen molar-refractivity contribution in [3.8, 4) is 11.8 Å². The van der Waals surface area contributed by atoms with Crippen molar-refractivity contribution in [2.75, 3.05) is 0 Å². The quantitative estimate of drug-likeness (QED) is 0.674. The summed E-state index contributed by atoms with van der Waals surface area (Å²) in [6.45, 7) is 0. The molecule has 0 aliphatic rings. The average molecular weight is 384 g/mol. The van der Waals surface area contributed by atoms with Gasteiger partial charge in [-0.25, -0.2) is 17.6 Å². The molecule has 0 atom stereocenters. The summed E-state index contributed by atoms with van der Waals surface area (Å²) in [7, 11) is -3.79. The van der Waals surface area contributed by atoms with Crippen LogP contribution in [-0.4, -0.2) is 29.7 Å². The Labute approximate surface area is 154 Å². The predicted octanol–water partition coefficient (Wildman–Crippen LogP) is 2.62. The molecule has 8 heteroatoms. The average Bonchev–Trinajstić information content (AvgIpc) is 3.13. The fraction of sp³-hybridized carbons (Fsp3) is 0.0526. The number of aromatic nitrogens is 2. The van der Waals surface area contributed by atoms with Crippen LogP contribution in [0.25, 0.3) is 0 Å². The first kappa shape index (κ1) is 18.4. The first-order valence-corrected chi connectivity index (χ1v) is 9.36. The number of hydrogen-bond acceptors (Lipinski definition) is 4. The molecule has 6 nitrogen and oxygen atoms in total. The second kappa shape index (κ2) is 7.43. The van der Waals surface area contributed by atoms with Crippen LogP contribution in [-0.2, 0) is 15.6 Å². The lowest BCUT2D eigenvalue weighted by atomic mass is 10.1. The second-order valence-corrected chi connectivity index (χ2v) is 7.57. The number of hydrogen-bond donors (Lipinski definition) is 2. The number of carboxylic acid groups (broad SMARTS) is 1. The molecule has 0 saturated heterocycles. The van der Waals surface area contributed by atoms with Crippen LogP contribution >= 0.6 is 0 Å². The molecule has 0 radical (unpaired) electrons. The van der Waals surface area contributed by atoms with E-state index in [0.717, 1.165) is 0 Å². The van der Waals surface area contributed by atoms with Gasteiger partial charge in [0.2, 0.25) is 0 Å². The van der Waals surface area contributed by atoms with E-state index >= 15 is 0 Å². The molecule has 2 aromatic carbocycles. The maximum absolute atomic E-state index is 13.0. The zero-order valence-electron chi connectivity index (χ0n) is 13.8. The monoisotopic (exact) mass is 384 g/mol. The number of carboxylic acids is 1. The largest absolute Gasteiger partial charge is 0.478 e. The van der Waals surface area contributed by atoms with Crippen LogP contribution in [0.15, 0.2) is 59.6 Å². The molecule has 0 bridgehead atoms. The number of rotatable bonds is 4. The van der Waals surface area contributed by atoms with Crippen LogP contribution < -0.4 is 0 Å². The number of nitrogens with one attached hydrogen (secondary N) is 1. The highest BCUT2D eigenvalue weighted by Crippen LogP contribution is 2.21. The van der Waals surface area contributed by atoms with E-state index in [1.54, 1.807) is 0 Å². The summed E-state index contributed by atoms with van der Waals surface area (Å²) >= 11 is 0. The van der Waals surface area contributed by atoms with Gasteiger partial charge in [-0.05, 0) is 48.5 Å². The highest BCUT2D eigenvalue weighted by molar-refractivity contribution is 7.90. The lowest BCUT2D eigenvalue weighted by Gasteiger charge is -2.07. The van der Waals surface area contributed by atoms with Crippen LogP contribution in [0, 0.1) is 17.7 Å². The van der Waals surface area contributed by atoms with E-state index in [9.17, 15) is 22.7 Å². The van der Waals surface area contributed by atoms with Gasteiger partial charge in [-0.2, -0.15) is 5.10 Å². The Morgan fingerprint density at radius 2 is 1.85 bits per heavy atom. The number of benzene rings is 2. The fourth-order valence-electron chi connectivity index (χ4n) is 2.35. The van der Waals surface area contributed by atoms with Gasteiger partial charge in [0.15, 0.2) is 9.84 Å². The first-order valence-electron chi connectivity index (χ1n) is 7.71. The Hall–Kier alpha value is -3.44. The third-order valence-corrected chi connectivity index (χ3v) is 5.37. The minimum Gasteiger partial charge on any atom is -0.478 e. The van der Waals surface area contributed by atoms with E-state index in [1.165, 1.54) is 54.7 Å². The molecule has 27 heavy (non-hydrogen) atoms. The molecular weight excluding hydrogens is 371 g/mol. The van der Waals surface area contributed by atoms with Gasteiger partial charge in [0.25, 0.3) is 0 Å². The Morgan fingerprint density at radius 3 is 2.48 bits per heavy atom. The Bertz CT molecular complexity index is 1140. The minimum absolute atomic E-state index is 0.0544. The van der Waals surface area contributed by atoms with Crippen LogP contribution in [0.3, 0.4) is 0 Å². The summed E-state index contributed by atoms with van der Waals surface area (Å²) in [6.07, 6.45) is 1.44. The fourth-order valence-corrected chi connectivity index (χ4v) is 3.80. The van der Waals surface area contributed by atoms with E-state index in [1.807, 2.05) is 0 Å². The maximum Gasteiger partial charge on any atom is 0.335 e.